The molecule has 1 amide bonds. The molecule has 8 heteroatoms. The third-order valence-corrected chi connectivity index (χ3v) is 6.79. The van der Waals surface area contributed by atoms with Crippen LogP contribution < -0.4 is 9.64 Å². The number of aromatic nitrogens is 1. The molecule has 0 unspecified atom stereocenters. The van der Waals surface area contributed by atoms with Crippen molar-refractivity contribution in [3.8, 4) is 5.75 Å². The van der Waals surface area contributed by atoms with E-state index in [1.54, 1.807) is 18.4 Å². The normalized spacial score (nSPS) is 18.0. The van der Waals surface area contributed by atoms with Crippen molar-refractivity contribution in [3.05, 3.63) is 18.2 Å². The lowest BCUT2D eigenvalue weighted by Gasteiger charge is -2.28. The van der Waals surface area contributed by atoms with Crippen LogP contribution in [-0.2, 0) is 9.53 Å². The van der Waals surface area contributed by atoms with Gasteiger partial charge in [0.1, 0.15) is 5.75 Å². The third kappa shape index (κ3) is 5.40. The Morgan fingerprint density at radius 1 is 1.31 bits per heavy atom. The topological polar surface area (TPSA) is 54.9 Å². The Kier molecular flexibility index (Phi) is 8.12. The van der Waals surface area contributed by atoms with Crippen LogP contribution in [0, 0.1) is 5.92 Å². The van der Waals surface area contributed by atoms with Crippen LogP contribution in [-0.4, -0.2) is 62.3 Å². The van der Waals surface area contributed by atoms with E-state index in [4.69, 9.17) is 14.5 Å². The molecule has 1 saturated heterocycles. The monoisotopic (exact) mass is 439 g/mol. The van der Waals surface area contributed by atoms with Gasteiger partial charge < -0.3 is 9.47 Å². The van der Waals surface area contributed by atoms with Gasteiger partial charge in [0.05, 0.1) is 30.5 Å². The van der Waals surface area contributed by atoms with E-state index in [0.29, 0.717) is 0 Å². The lowest BCUT2D eigenvalue weighted by atomic mass is 10.1. The first kappa shape index (κ1) is 22.3. The average molecular weight is 440 g/mol. The van der Waals surface area contributed by atoms with Gasteiger partial charge in [-0.05, 0) is 37.5 Å². The van der Waals surface area contributed by atoms with Gasteiger partial charge in [-0.15, -0.1) is 12.4 Å². The van der Waals surface area contributed by atoms with Crippen molar-refractivity contribution in [2.24, 2.45) is 5.92 Å². The van der Waals surface area contributed by atoms with E-state index >= 15 is 0 Å². The van der Waals surface area contributed by atoms with Gasteiger partial charge in [0.25, 0.3) is 0 Å². The zero-order valence-electron chi connectivity index (χ0n) is 17.0. The summed E-state index contributed by atoms with van der Waals surface area (Å²) < 4.78 is 11.8. The van der Waals surface area contributed by atoms with E-state index in [1.807, 2.05) is 23.1 Å². The Balaban J connectivity index is 0.00000240. The molecule has 0 atom stereocenters. The van der Waals surface area contributed by atoms with E-state index in [-0.39, 0.29) is 24.2 Å². The van der Waals surface area contributed by atoms with E-state index in [0.717, 1.165) is 92.6 Å². The molecule has 4 rings (SSSR count). The first-order chi connectivity index (χ1) is 13.7. The van der Waals surface area contributed by atoms with Crippen LogP contribution in [0.2, 0.25) is 0 Å². The minimum Gasteiger partial charge on any atom is -0.497 e. The summed E-state index contributed by atoms with van der Waals surface area (Å²) in [6, 6.07) is 5.90. The second-order valence-electron chi connectivity index (χ2n) is 7.61. The summed E-state index contributed by atoms with van der Waals surface area (Å²) in [6.45, 7) is 5.31. The molecule has 2 aromatic rings. The number of nitrogens with zero attached hydrogens (tertiary/aromatic N) is 3. The van der Waals surface area contributed by atoms with Gasteiger partial charge in [-0.2, -0.15) is 0 Å². The summed E-state index contributed by atoms with van der Waals surface area (Å²) in [6.07, 6.45) is 5.30. The summed E-state index contributed by atoms with van der Waals surface area (Å²) in [5, 5.41) is 0.821. The number of carbonyl (C=O) groups excluding carboxylic acids is 1. The Bertz CT molecular complexity index is 804. The molecule has 1 aromatic heterocycles. The zero-order valence-corrected chi connectivity index (χ0v) is 18.6. The number of fused-ring (bicyclic) bond motifs is 1. The second-order valence-corrected chi connectivity index (χ2v) is 8.62. The molecule has 2 aliphatic rings. The highest BCUT2D eigenvalue weighted by Crippen LogP contribution is 2.34. The van der Waals surface area contributed by atoms with E-state index in [1.165, 1.54) is 0 Å². The highest BCUT2D eigenvalue weighted by Gasteiger charge is 2.29. The van der Waals surface area contributed by atoms with Gasteiger partial charge in [-0.25, -0.2) is 4.98 Å². The highest BCUT2D eigenvalue weighted by molar-refractivity contribution is 7.22. The molecule has 0 radical (unpaired) electrons. The molecule has 2 fully saturated rings. The highest BCUT2D eigenvalue weighted by atomic mass is 35.5. The van der Waals surface area contributed by atoms with Crippen molar-refractivity contribution < 1.29 is 14.3 Å². The number of rotatable bonds is 7. The SMILES string of the molecule is COc1ccc2nc(N(CCCN3CCOCC3)C(=O)C3CCCC3)sc2c1.Cl. The van der Waals surface area contributed by atoms with Crippen LogP contribution in [0.4, 0.5) is 5.13 Å². The third-order valence-electron chi connectivity index (χ3n) is 5.75. The van der Waals surface area contributed by atoms with Gasteiger partial charge in [-0.3, -0.25) is 14.6 Å². The van der Waals surface area contributed by atoms with Gasteiger partial charge in [0.15, 0.2) is 5.13 Å². The van der Waals surface area contributed by atoms with Gasteiger partial charge in [0.2, 0.25) is 5.91 Å². The second kappa shape index (κ2) is 10.6. The lowest BCUT2D eigenvalue weighted by molar-refractivity contribution is -0.122. The van der Waals surface area contributed by atoms with Crippen LogP contribution in [0.25, 0.3) is 10.2 Å². The standard InChI is InChI=1S/C21H29N3O3S.ClH/c1-26-17-7-8-18-19(15-17)28-21(22-18)24(20(25)16-5-2-3-6-16)10-4-9-23-11-13-27-14-12-23;/h7-8,15-16H,2-6,9-14H2,1H3;1H. The fraction of sp³-hybridized carbons (Fsp3) is 0.619. The van der Waals surface area contributed by atoms with Crippen molar-refractivity contribution in [3.63, 3.8) is 0 Å². The molecule has 0 spiro atoms. The minimum absolute atomic E-state index is 0. The molecule has 1 aliphatic carbocycles. The fourth-order valence-corrected chi connectivity index (χ4v) is 5.13. The quantitative estimate of drug-likeness (QED) is 0.653. The molecule has 2 heterocycles. The number of carbonyl (C=O) groups is 1. The van der Waals surface area contributed by atoms with Crippen LogP contribution in [0.3, 0.4) is 0 Å². The molecule has 6 nitrogen and oxygen atoms in total. The summed E-state index contributed by atoms with van der Waals surface area (Å²) in [5.41, 5.74) is 0.929. The van der Waals surface area contributed by atoms with Crippen molar-refractivity contribution in [2.45, 2.75) is 32.1 Å². The zero-order chi connectivity index (χ0) is 19.3. The first-order valence-electron chi connectivity index (χ1n) is 10.3. The van der Waals surface area contributed by atoms with Gasteiger partial charge in [0, 0.05) is 32.1 Å². The Labute approximate surface area is 182 Å². The number of anilines is 1. The number of hydrogen-bond acceptors (Lipinski definition) is 6. The molecule has 160 valence electrons. The smallest absolute Gasteiger partial charge is 0.231 e. The van der Waals surface area contributed by atoms with Gasteiger partial charge >= 0.3 is 0 Å². The summed E-state index contributed by atoms with van der Waals surface area (Å²) >= 11 is 1.59. The average Bonchev–Trinajstić information content (AvgIpc) is 3.40. The largest absolute Gasteiger partial charge is 0.497 e. The maximum absolute atomic E-state index is 13.3. The molecule has 0 N–H and O–H groups in total. The van der Waals surface area contributed by atoms with E-state index in [2.05, 4.69) is 4.90 Å². The van der Waals surface area contributed by atoms with Crippen LogP contribution in [0.5, 0.6) is 5.75 Å². The van der Waals surface area contributed by atoms with Crippen molar-refractivity contribution in [2.75, 3.05) is 51.4 Å². The minimum atomic E-state index is 0. The number of halogens is 1. The summed E-state index contributed by atoms with van der Waals surface area (Å²) in [4.78, 5) is 22.4. The molecule has 1 aromatic carbocycles. The summed E-state index contributed by atoms with van der Waals surface area (Å²) in [5.74, 6) is 1.24. The van der Waals surface area contributed by atoms with Crippen LogP contribution in [0.1, 0.15) is 32.1 Å². The summed E-state index contributed by atoms with van der Waals surface area (Å²) in [7, 11) is 1.67. The molecular weight excluding hydrogens is 410 g/mol. The van der Waals surface area contributed by atoms with Crippen molar-refractivity contribution >= 4 is 45.0 Å². The Hall–Kier alpha value is -1.41. The first-order valence-corrected chi connectivity index (χ1v) is 11.1. The number of methoxy groups -OCH3 is 1. The molecule has 1 saturated carbocycles. The molecule has 0 bridgehead atoms. The fourth-order valence-electron chi connectivity index (χ4n) is 4.11. The maximum Gasteiger partial charge on any atom is 0.231 e. The van der Waals surface area contributed by atoms with E-state index in [9.17, 15) is 4.79 Å². The van der Waals surface area contributed by atoms with Crippen molar-refractivity contribution in [1.82, 2.24) is 9.88 Å². The van der Waals surface area contributed by atoms with E-state index < -0.39 is 0 Å². The molecular formula is C21H30ClN3O3S. The lowest BCUT2D eigenvalue weighted by Crippen LogP contribution is -2.40. The number of amides is 1. The number of thiazole rings is 1. The predicted octanol–water partition coefficient (Wildman–Crippen LogP) is 3.97. The Morgan fingerprint density at radius 2 is 2.07 bits per heavy atom. The number of hydrogen-bond donors (Lipinski definition) is 0. The van der Waals surface area contributed by atoms with Crippen molar-refractivity contribution in [1.29, 1.82) is 0 Å². The number of benzene rings is 1. The Morgan fingerprint density at radius 3 is 2.79 bits per heavy atom. The van der Waals surface area contributed by atoms with Gasteiger partial charge in [-0.1, -0.05) is 24.2 Å². The van der Waals surface area contributed by atoms with Crippen LogP contribution in [0.15, 0.2) is 18.2 Å². The number of ether oxygens (including phenoxy) is 2. The number of morpholine rings is 1. The van der Waals surface area contributed by atoms with Crippen LogP contribution >= 0.6 is 23.7 Å². The molecule has 1 aliphatic heterocycles. The predicted molar refractivity (Wildman–Crippen MR) is 120 cm³/mol. The maximum atomic E-state index is 13.3. The molecule has 29 heavy (non-hydrogen) atoms.